The number of benzene rings is 1. The molecule has 1 aromatic carbocycles. The third-order valence-electron chi connectivity index (χ3n) is 2.86. The fraction of sp³-hybridized carbons (Fsp3) is 0.571. The number of alkyl halides is 3. The van der Waals surface area contributed by atoms with Crippen LogP contribution in [-0.4, -0.2) is 26.4 Å². The van der Waals surface area contributed by atoms with Crippen LogP contribution in [0.2, 0.25) is 0 Å². The van der Waals surface area contributed by atoms with Gasteiger partial charge < -0.3 is 10.1 Å². The van der Waals surface area contributed by atoms with E-state index >= 15 is 0 Å². The number of hydrogen-bond donors (Lipinski definition) is 1. The molecule has 1 unspecified atom stereocenters. The smallest absolute Gasteiger partial charge is 0.376 e. The summed E-state index contributed by atoms with van der Waals surface area (Å²) in [6.07, 6.45) is -5.04. The van der Waals surface area contributed by atoms with Crippen LogP contribution in [0.4, 0.5) is 13.2 Å². The topological polar surface area (TPSA) is 21.3 Å². The van der Waals surface area contributed by atoms with Crippen LogP contribution < -0.4 is 5.32 Å². The van der Waals surface area contributed by atoms with Crippen LogP contribution in [0, 0.1) is 0 Å². The summed E-state index contributed by atoms with van der Waals surface area (Å²) in [5.41, 5.74) is 2.09. The van der Waals surface area contributed by atoms with E-state index in [2.05, 4.69) is 12.2 Å². The second kappa shape index (κ2) is 7.50. The van der Waals surface area contributed by atoms with Crippen molar-refractivity contribution in [1.29, 1.82) is 0 Å². The highest BCUT2D eigenvalue weighted by molar-refractivity contribution is 5.24. The minimum absolute atomic E-state index is 0.219. The molecule has 0 saturated heterocycles. The van der Waals surface area contributed by atoms with Gasteiger partial charge in [-0.15, -0.1) is 0 Å². The van der Waals surface area contributed by atoms with Gasteiger partial charge >= 0.3 is 6.18 Å². The molecule has 0 aliphatic heterocycles. The summed E-state index contributed by atoms with van der Waals surface area (Å²) in [5.74, 6) is 0.408. The van der Waals surface area contributed by atoms with Gasteiger partial charge in [0.25, 0.3) is 0 Å². The fourth-order valence-electron chi connectivity index (χ4n) is 1.74. The predicted molar refractivity (Wildman–Crippen MR) is 69.1 cm³/mol. The molecule has 0 aliphatic carbocycles. The van der Waals surface area contributed by atoms with E-state index in [1.165, 1.54) is 5.56 Å². The Morgan fingerprint density at radius 3 is 2.37 bits per heavy atom. The average molecular weight is 275 g/mol. The molecule has 1 rings (SSSR count). The van der Waals surface area contributed by atoms with Crippen LogP contribution in [0.15, 0.2) is 24.3 Å². The predicted octanol–water partition coefficient (Wildman–Crippen LogP) is 3.48. The Kier molecular flexibility index (Phi) is 6.31. The molecule has 0 amide bonds. The van der Waals surface area contributed by atoms with E-state index in [0.717, 1.165) is 12.1 Å². The van der Waals surface area contributed by atoms with Crippen LogP contribution in [0.1, 0.15) is 30.4 Å². The molecule has 0 spiro atoms. The molecule has 1 aromatic rings. The summed E-state index contributed by atoms with van der Waals surface area (Å²) in [5, 5.41) is 3.11. The van der Waals surface area contributed by atoms with E-state index in [4.69, 9.17) is 4.74 Å². The molecule has 1 atom stereocenters. The molecule has 0 aromatic heterocycles. The van der Waals surface area contributed by atoms with Gasteiger partial charge in [-0.25, -0.2) is 0 Å². The van der Waals surface area contributed by atoms with Gasteiger partial charge in [-0.3, -0.25) is 0 Å². The number of hydrogen-bond acceptors (Lipinski definition) is 2. The van der Waals surface area contributed by atoms with E-state index < -0.39 is 12.6 Å². The molecule has 1 N–H and O–H groups in total. The Balaban J connectivity index is 2.36. The first kappa shape index (κ1) is 16.0. The summed E-state index contributed by atoms with van der Waals surface area (Å²) in [7, 11) is 1.90. The molecule has 0 heterocycles. The first-order chi connectivity index (χ1) is 8.92. The van der Waals surface area contributed by atoms with Crippen molar-refractivity contribution < 1.29 is 17.9 Å². The number of halogens is 3. The third kappa shape index (κ3) is 6.59. The lowest BCUT2D eigenvalue weighted by Crippen LogP contribution is -2.14. The molecule has 0 aliphatic rings. The first-order valence-electron chi connectivity index (χ1n) is 6.30. The molecular formula is C14H20F3NO. The maximum atomic E-state index is 11.9. The fourth-order valence-corrected chi connectivity index (χ4v) is 1.74. The minimum Gasteiger partial charge on any atom is -0.376 e. The highest BCUT2D eigenvalue weighted by Gasteiger charge is 2.26. The quantitative estimate of drug-likeness (QED) is 0.769. The zero-order valence-corrected chi connectivity index (χ0v) is 11.3. The summed E-state index contributed by atoms with van der Waals surface area (Å²) in [6, 6.07) is 7.78. The number of nitrogens with one attached hydrogen (secondary N) is 1. The Morgan fingerprint density at radius 2 is 1.84 bits per heavy atom. The molecule has 0 radical (unpaired) electrons. The number of rotatable bonds is 7. The maximum absolute atomic E-state index is 11.9. The van der Waals surface area contributed by atoms with Gasteiger partial charge in [0.05, 0.1) is 19.6 Å². The van der Waals surface area contributed by atoms with Crippen molar-refractivity contribution in [3.63, 3.8) is 0 Å². The Labute approximate surface area is 112 Å². The summed E-state index contributed by atoms with van der Waals surface area (Å²) >= 11 is 0. The Bertz CT molecular complexity index is 362. The lowest BCUT2D eigenvalue weighted by molar-refractivity contribution is -0.146. The largest absolute Gasteiger partial charge is 0.391 e. The van der Waals surface area contributed by atoms with Crippen LogP contribution >= 0.6 is 0 Å². The lowest BCUT2D eigenvalue weighted by atomic mass is 10.00. The molecule has 19 heavy (non-hydrogen) atoms. The normalized spacial score (nSPS) is 13.5. The molecular weight excluding hydrogens is 255 g/mol. The highest BCUT2D eigenvalue weighted by atomic mass is 19.4. The van der Waals surface area contributed by atoms with E-state index in [-0.39, 0.29) is 13.2 Å². The molecule has 108 valence electrons. The van der Waals surface area contributed by atoms with Crippen molar-refractivity contribution in [2.75, 3.05) is 20.2 Å². The van der Waals surface area contributed by atoms with Gasteiger partial charge in [-0.1, -0.05) is 31.2 Å². The Hall–Kier alpha value is -1.07. The molecule has 0 fully saturated rings. The molecule has 0 saturated carbocycles. The van der Waals surface area contributed by atoms with Gasteiger partial charge in [0.2, 0.25) is 0 Å². The number of ether oxygens (including phenoxy) is 1. The monoisotopic (exact) mass is 275 g/mol. The van der Waals surface area contributed by atoms with Crippen LogP contribution in [0.5, 0.6) is 0 Å². The van der Waals surface area contributed by atoms with Gasteiger partial charge in [-0.05, 0) is 24.1 Å². The second-order valence-electron chi connectivity index (χ2n) is 4.62. The van der Waals surface area contributed by atoms with Gasteiger partial charge in [0.1, 0.15) is 0 Å². The highest BCUT2D eigenvalue weighted by Crippen LogP contribution is 2.19. The van der Waals surface area contributed by atoms with Gasteiger partial charge in [-0.2, -0.15) is 13.2 Å². The van der Waals surface area contributed by atoms with Crippen molar-refractivity contribution in [3.05, 3.63) is 35.4 Å². The summed E-state index contributed by atoms with van der Waals surface area (Å²) < 4.78 is 40.7. The minimum atomic E-state index is -4.15. The lowest BCUT2D eigenvalue weighted by Gasteiger charge is -2.12. The van der Waals surface area contributed by atoms with E-state index in [9.17, 15) is 13.2 Å². The molecule has 0 bridgehead atoms. The standard InChI is InChI=1S/C14H20F3NO/c1-11(9-18-2)13-5-3-12(4-6-13)10-19-8-7-14(15,16)17/h3-6,11,18H,7-10H2,1-2H3. The van der Waals surface area contributed by atoms with Crippen LogP contribution in [0.3, 0.4) is 0 Å². The first-order valence-corrected chi connectivity index (χ1v) is 6.30. The third-order valence-corrected chi connectivity index (χ3v) is 2.86. The second-order valence-corrected chi connectivity index (χ2v) is 4.62. The van der Waals surface area contributed by atoms with E-state index in [1.54, 1.807) is 0 Å². The molecule has 2 nitrogen and oxygen atoms in total. The zero-order chi connectivity index (χ0) is 14.3. The van der Waals surface area contributed by atoms with Gasteiger partial charge in [0, 0.05) is 6.54 Å². The van der Waals surface area contributed by atoms with Crippen molar-refractivity contribution in [3.8, 4) is 0 Å². The van der Waals surface area contributed by atoms with Crippen LogP contribution in [-0.2, 0) is 11.3 Å². The summed E-state index contributed by atoms with van der Waals surface area (Å²) in [4.78, 5) is 0. The SMILES string of the molecule is CNCC(C)c1ccc(COCCC(F)(F)F)cc1. The Morgan fingerprint density at radius 1 is 1.21 bits per heavy atom. The summed E-state index contributed by atoms with van der Waals surface area (Å²) in [6.45, 7) is 2.94. The van der Waals surface area contributed by atoms with E-state index in [0.29, 0.717) is 5.92 Å². The molecule has 5 heteroatoms. The van der Waals surface area contributed by atoms with Gasteiger partial charge in [0.15, 0.2) is 0 Å². The number of likely N-dealkylation sites (N-methyl/N-ethyl adjacent to an activating group) is 1. The van der Waals surface area contributed by atoms with Crippen LogP contribution in [0.25, 0.3) is 0 Å². The zero-order valence-electron chi connectivity index (χ0n) is 11.3. The van der Waals surface area contributed by atoms with Crippen molar-refractivity contribution in [2.45, 2.75) is 32.0 Å². The average Bonchev–Trinajstić information content (AvgIpc) is 2.34. The van der Waals surface area contributed by atoms with Crippen molar-refractivity contribution >= 4 is 0 Å². The maximum Gasteiger partial charge on any atom is 0.391 e. The van der Waals surface area contributed by atoms with Crippen molar-refractivity contribution in [1.82, 2.24) is 5.32 Å². The van der Waals surface area contributed by atoms with E-state index in [1.807, 2.05) is 31.3 Å². The van der Waals surface area contributed by atoms with Crippen molar-refractivity contribution in [2.24, 2.45) is 0 Å².